The van der Waals surface area contributed by atoms with Gasteiger partial charge in [0.25, 0.3) is 0 Å². The van der Waals surface area contributed by atoms with Crippen LogP contribution in [0.5, 0.6) is 0 Å². The third-order valence-electron chi connectivity index (χ3n) is 5.23. The van der Waals surface area contributed by atoms with Crippen LogP contribution in [0.15, 0.2) is 0 Å². The minimum atomic E-state index is 0.395. The van der Waals surface area contributed by atoms with Crippen molar-refractivity contribution in [2.75, 3.05) is 19.6 Å². The first-order valence-corrected chi connectivity index (χ1v) is 8.86. The fourth-order valence-electron chi connectivity index (χ4n) is 3.92. The zero-order valence-corrected chi connectivity index (χ0v) is 14.4. The molecule has 4 atom stereocenters. The number of hydrogen-bond donors (Lipinski definition) is 1. The molecule has 2 aliphatic rings. The van der Waals surface area contributed by atoms with E-state index in [0.29, 0.717) is 11.5 Å². The first-order chi connectivity index (χ1) is 9.39. The van der Waals surface area contributed by atoms with Crippen LogP contribution in [0.1, 0.15) is 66.7 Å². The zero-order chi connectivity index (χ0) is 14.8. The molecule has 0 radical (unpaired) electrons. The Labute approximate surface area is 126 Å². The van der Waals surface area contributed by atoms with Crippen molar-refractivity contribution in [2.45, 2.75) is 78.8 Å². The maximum absolute atomic E-state index is 3.86. The van der Waals surface area contributed by atoms with Gasteiger partial charge in [-0.15, -0.1) is 0 Å². The largest absolute Gasteiger partial charge is 0.312 e. The molecular formula is C18H36N2. The van der Waals surface area contributed by atoms with Gasteiger partial charge in [0.1, 0.15) is 0 Å². The van der Waals surface area contributed by atoms with Crippen molar-refractivity contribution >= 4 is 0 Å². The lowest BCUT2D eigenvalue weighted by molar-refractivity contribution is 0.0198. The lowest BCUT2D eigenvalue weighted by Gasteiger charge is -2.49. The summed E-state index contributed by atoms with van der Waals surface area (Å²) in [5.74, 6) is 1.85. The van der Waals surface area contributed by atoms with Crippen molar-refractivity contribution in [1.29, 1.82) is 0 Å². The SMILES string of the molecule is CCCC1CC(NCC(C)(C)C)CN(C2CCC2C)C1. The quantitative estimate of drug-likeness (QED) is 0.821. The molecule has 2 heteroatoms. The summed E-state index contributed by atoms with van der Waals surface area (Å²) in [5.41, 5.74) is 0.395. The average Bonchev–Trinajstić information content (AvgIpc) is 2.34. The van der Waals surface area contributed by atoms with E-state index in [9.17, 15) is 0 Å². The van der Waals surface area contributed by atoms with E-state index in [4.69, 9.17) is 0 Å². The second-order valence-corrected chi connectivity index (χ2v) is 8.60. The predicted molar refractivity (Wildman–Crippen MR) is 88.0 cm³/mol. The molecule has 20 heavy (non-hydrogen) atoms. The van der Waals surface area contributed by atoms with E-state index in [0.717, 1.165) is 24.4 Å². The number of piperidine rings is 1. The number of nitrogens with zero attached hydrogens (tertiary/aromatic N) is 1. The van der Waals surface area contributed by atoms with Gasteiger partial charge in [0.2, 0.25) is 0 Å². The average molecular weight is 280 g/mol. The van der Waals surface area contributed by atoms with Crippen LogP contribution in [0.3, 0.4) is 0 Å². The van der Waals surface area contributed by atoms with Gasteiger partial charge in [0, 0.05) is 31.7 Å². The molecule has 0 aromatic heterocycles. The van der Waals surface area contributed by atoms with Crippen LogP contribution in [0.2, 0.25) is 0 Å². The Balaban J connectivity index is 1.90. The summed E-state index contributed by atoms with van der Waals surface area (Å²) in [6, 6.07) is 1.60. The van der Waals surface area contributed by atoms with Crippen LogP contribution < -0.4 is 5.32 Å². The highest BCUT2D eigenvalue weighted by molar-refractivity contribution is 4.93. The van der Waals surface area contributed by atoms with Gasteiger partial charge in [-0.2, -0.15) is 0 Å². The Hall–Kier alpha value is -0.0800. The number of nitrogens with one attached hydrogen (secondary N) is 1. The van der Waals surface area contributed by atoms with Crippen molar-refractivity contribution in [2.24, 2.45) is 17.3 Å². The highest BCUT2D eigenvalue weighted by atomic mass is 15.2. The van der Waals surface area contributed by atoms with E-state index in [2.05, 4.69) is 44.8 Å². The molecule has 0 bridgehead atoms. The van der Waals surface area contributed by atoms with E-state index in [1.54, 1.807) is 0 Å². The topological polar surface area (TPSA) is 15.3 Å². The van der Waals surface area contributed by atoms with Crippen molar-refractivity contribution in [1.82, 2.24) is 10.2 Å². The van der Waals surface area contributed by atoms with Gasteiger partial charge >= 0.3 is 0 Å². The van der Waals surface area contributed by atoms with Gasteiger partial charge in [-0.3, -0.25) is 4.90 Å². The van der Waals surface area contributed by atoms with E-state index < -0.39 is 0 Å². The molecule has 1 N–H and O–H groups in total. The van der Waals surface area contributed by atoms with Crippen LogP contribution >= 0.6 is 0 Å². The van der Waals surface area contributed by atoms with E-state index in [1.807, 2.05) is 0 Å². The van der Waals surface area contributed by atoms with Gasteiger partial charge in [-0.25, -0.2) is 0 Å². The number of hydrogen-bond acceptors (Lipinski definition) is 2. The standard InChI is InChI=1S/C18H36N2/c1-6-7-15-10-16(19-13-18(3,4)5)12-20(11-15)17-9-8-14(17)2/h14-17,19H,6-13H2,1-5H3. The Morgan fingerprint density at radius 1 is 1.15 bits per heavy atom. The van der Waals surface area contributed by atoms with Gasteiger partial charge in [-0.1, -0.05) is 41.0 Å². The smallest absolute Gasteiger partial charge is 0.0198 e. The highest BCUT2D eigenvalue weighted by Crippen LogP contribution is 2.35. The fourth-order valence-corrected chi connectivity index (χ4v) is 3.92. The minimum Gasteiger partial charge on any atom is -0.312 e. The third kappa shape index (κ3) is 4.46. The molecule has 2 rings (SSSR count). The Kier molecular flexibility index (Phi) is 5.53. The lowest BCUT2D eigenvalue weighted by Crippen LogP contribution is -2.57. The van der Waals surface area contributed by atoms with Crippen molar-refractivity contribution in [3.05, 3.63) is 0 Å². The molecule has 2 fully saturated rings. The molecule has 4 unspecified atom stereocenters. The third-order valence-corrected chi connectivity index (χ3v) is 5.23. The van der Waals surface area contributed by atoms with Gasteiger partial charge in [-0.05, 0) is 42.9 Å². The van der Waals surface area contributed by atoms with Crippen molar-refractivity contribution < 1.29 is 0 Å². The molecular weight excluding hydrogens is 244 g/mol. The normalized spacial score (nSPS) is 35.9. The van der Waals surface area contributed by atoms with Crippen LogP contribution in [0.25, 0.3) is 0 Å². The Bertz CT molecular complexity index is 294. The first kappa shape index (κ1) is 16.3. The monoisotopic (exact) mass is 280 g/mol. The highest BCUT2D eigenvalue weighted by Gasteiger charge is 2.37. The molecule has 0 spiro atoms. The molecule has 0 aromatic rings. The number of rotatable bonds is 5. The van der Waals surface area contributed by atoms with Crippen LogP contribution in [0, 0.1) is 17.3 Å². The maximum Gasteiger partial charge on any atom is 0.0198 e. The Morgan fingerprint density at radius 2 is 1.90 bits per heavy atom. The molecule has 1 heterocycles. The molecule has 1 saturated heterocycles. The van der Waals surface area contributed by atoms with Gasteiger partial charge < -0.3 is 5.32 Å². The second-order valence-electron chi connectivity index (χ2n) is 8.60. The summed E-state index contributed by atoms with van der Waals surface area (Å²) in [4.78, 5) is 2.82. The number of likely N-dealkylation sites (tertiary alicyclic amines) is 1. The molecule has 0 amide bonds. The van der Waals surface area contributed by atoms with E-state index >= 15 is 0 Å². The summed E-state index contributed by atoms with van der Waals surface area (Å²) >= 11 is 0. The van der Waals surface area contributed by atoms with Crippen molar-refractivity contribution in [3.63, 3.8) is 0 Å². The fraction of sp³-hybridized carbons (Fsp3) is 1.00. The lowest BCUT2D eigenvalue weighted by atomic mass is 9.77. The summed E-state index contributed by atoms with van der Waals surface area (Å²) in [6.45, 7) is 15.6. The molecule has 118 valence electrons. The molecule has 1 aliphatic carbocycles. The van der Waals surface area contributed by atoms with Gasteiger partial charge in [0.05, 0.1) is 0 Å². The predicted octanol–water partition coefficient (Wildman–Crippen LogP) is 3.91. The minimum absolute atomic E-state index is 0.395. The van der Waals surface area contributed by atoms with Crippen molar-refractivity contribution in [3.8, 4) is 0 Å². The Morgan fingerprint density at radius 3 is 2.40 bits per heavy atom. The summed E-state index contributed by atoms with van der Waals surface area (Å²) in [7, 11) is 0. The second kappa shape index (κ2) is 6.79. The molecule has 1 aliphatic heterocycles. The summed E-state index contributed by atoms with van der Waals surface area (Å²) in [6.07, 6.45) is 7.02. The van der Waals surface area contributed by atoms with Gasteiger partial charge in [0.15, 0.2) is 0 Å². The first-order valence-electron chi connectivity index (χ1n) is 8.86. The summed E-state index contributed by atoms with van der Waals surface area (Å²) < 4.78 is 0. The van der Waals surface area contributed by atoms with Crippen LogP contribution in [0.4, 0.5) is 0 Å². The van der Waals surface area contributed by atoms with Crippen LogP contribution in [-0.2, 0) is 0 Å². The van der Waals surface area contributed by atoms with E-state index in [-0.39, 0.29) is 0 Å². The van der Waals surface area contributed by atoms with E-state index in [1.165, 1.54) is 45.2 Å². The molecule has 0 aromatic carbocycles. The van der Waals surface area contributed by atoms with Crippen LogP contribution in [-0.4, -0.2) is 36.6 Å². The molecule has 1 saturated carbocycles. The zero-order valence-electron chi connectivity index (χ0n) is 14.4. The molecule has 2 nitrogen and oxygen atoms in total. The maximum atomic E-state index is 3.86. The summed E-state index contributed by atoms with van der Waals surface area (Å²) in [5, 5.41) is 3.86.